The van der Waals surface area contributed by atoms with Gasteiger partial charge in [0.25, 0.3) is 0 Å². The number of esters is 1. The number of aliphatic hydroxyl groups excluding tert-OH is 2. The highest BCUT2D eigenvalue weighted by Gasteiger charge is 2.47. The van der Waals surface area contributed by atoms with Crippen LogP contribution in [0.4, 0.5) is 0 Å². The van der Waals surface area contributed by atoms with Gasteiger partial charge in [0.15, 0.2) is 0 Å². The maximum absolute atomic E-state index is 11.5. The molecule has 5 atom stereocenters. The number of rotatable bonds is 0. The average Bonchev–Trinajstić information content (AvgIpc) is 3.14. The van der Waals surface area contributed by atoms with Crippen molar-refractivity contribution in [3.8, 4) is 0 Å². The Hall–Kier alpha value is -1.17. The van der Waals surface area contributed by atoms with E-state index in [1.165, 1.54) is 12.2 Å². The van der Waals surface area contributed by atoms with Crippen LogP contribution < -0.4 is 0 Å². The summed E-state index contributed by atoms with van der Waals surface area (Å²) in [6, 6.07) is 0. The lowest BCUT2D eigenvalue weighted by Crippen LogP contribution is -2.21. The second kappa shape index (κ2) is 6.32. The summed E-state index contributed by atoms with van der Waals surface area (Å²) in [5.41, 5.74) is 0. The van der Waals surface area contributed by atoms with Crippen molar-refractivity contribution < 1.29 is 24.5 Å². The fraction of sp³-hybridized carbons (Fsp3) is 0.643. The second-order valence-corrected chi connectivity index (χ2v) is 5.01. The lowest BCUT2D eigenvalue weighted by molar-refractivity contribution is -0.142. The van der Waals surface area contributed by atoms with E-state index in [1.54, 1.807) is 6.08 Å². The van der Waals surface area contributed by atoms with E-state index in [1.807, 2.05) is 13.0 Å². The van der Waals surface area contributed by atoms with Crippen molar-refractivity contribution in [1.82, 2.24) is 0 Å². The molecule has 106 valence electrons. The van der Waals surface area contributed by atoms with Gasteiger partial charge in [-0.25, -0.2) is 4.79 Å². The van der Waals surface area contributed by atoms with Crippen molar-refractivity contribution in [2.75, 3.05) is 0 Å². The Kier molecular flexibility index (Phi) is 4.74. The number of epoxide rings is 1. The molecule has 0 aromatic rings. The van der Waals surface area contributed by atoms with Crippen LogP contribution in [0.3, 0.4) is 0 Å². The largest absolute Gasteiger partial charge is 0.460 e. The van der Waals surface area contributed by atoms with Crippen LogP contribution in [0.15, 0.2) is 24.3 Å². The number of cyclic esters (lactones) is 1. The first kappa shape index (κ1) is 14.2. The van der Waals surface area contributed by atoms with Gasteiger partial charge < -0.3 is 19.7 Å². The van der Waals surface area contributed by atoms with Crippen molar-refractivity contribution in [1.29, 1.82) is 0 Å². The highest BCUT2D eigenvalue weighted by atomic mass is 16.6. The van der Waals surface area contributed by atoms with Gasteiger partial charge in [-0.3, -0.25) is 0 Å². The molecule has 2 aliphatic heterocycles. The molecule has 0 spiro atoms. The van der Waals surface area contributed by atoms with Crippen LogP contribution in [0.5, 0.6) is 0 Å². The van der Waals surface area contributed by atoms with Crippen LogP contribution in [-0.2, 0) is 14.3 Å². The Morgan fingerprint density at radius 2 is 1.89 bits per heavy atom. The van der Waals surface area contributed by atoms with Gasteiger partial charge in [-0.2, -0.15) is 0 Å². The number of carbonyl (C=O) groups is 1. The predicted molar refractivity (Wildman–Crippen MR) is 68.4 cm³/mol. The molecule has 0 aromatic heterocycles. The summed E-state index contributed by atoms with van der Waals surface area (Å²) >= 11 is 0. The monoisotopic (exact) mass is 268 g/mol. The third-order valence-corrected chi connectivity index (χ3v) is 3.30. The molecule has 0 aromatic carbocycles. The molecule has 0 aliphatic carbocycles. The zero-order valence-electron chi connectivity index (χ0n) is 10.9. The topological polar surface area (TPSA) is 79.3 Å². The molecule has 2 heterocycles. The number of aliphatic hydroxyl groups is 2. The first-order valence-corrected chi connectivity index (χ1v) is 6.65. The van der Waals surface area contributed by atoms with Gasteiger partial charge >= 0.3 is 5.97 Å². The average molecular weight is 268 g/mol. The molecule has 0 radical (unpaired) electrons. The maximum Gasteiger partial charge on any atom is 0.330 e. The zero-order valence-corrected chi connectivity index (χ0v) is 10.9. The summed E-state index contributed by atoms with van der Waals surface area (Å²) in [6.07, 6.45) is 6.02. The number of allylic oxidation sites excluding steroid dienone is 1. The summed E-state index contributed by atoms with van der Waals surface area (Å²) in [6.45, 7) is 1.84. The van der Waals surface area contributed by atoms with Gasteiger partial charge in [0.1, 0.15) is 24.4 Å². The normalized spacial score (nSPS) is 43.5. The second-order valence-electron chi connectivity index (χ2n) is 5.01. The summed E-state index contributed by atoms with van der Waals surface area (Å²) in [5, 5.41) is 19.6. The van der Waals surface area contributed by atoms with Gasteiger partial charge in [0.05, 0.1) is 6.10 Å². The number of carbonyl (C=O) groups excluding carboxylic acids is 1. The van der Waals surface area contributed by atoms with Crippen molar-refractivity contribution in [2.45, 2.75) is 56.7 Å². The van der Waals surface area contributed by atoms with E-state index in [4.69, 9.17) is 9.47 Å². The highest BCUT2D eigenvalue weighted by molar-refractivity contribution is 5.82. The molecule has 2 rings (SSSR count). The molecule has 0 bridgehead atoms. The summed E-state index contributed by atoms with van der Waals surface area (Å²) in [4.78, 5) is 11.5. The SMILES string of the molecule is C[C@H]1CCC/C=C/[C@H](O)[C@H]2O[C@H]2[C@H](O)/C=C/C(=O)O1. The van der Waals surface area contributed by atoms with Crippen LogP contribution in [0.1, 0.15) is 26.2 Å². The molecule has 1 saturated heterocycles. The quantitative estimate of drug-likeness (QED) is 0.384. The summed E-state index contributed by atoms with van der Waals surface area (Å²) in [7, 11) is 0. The Labute approximate surface area is 112 Å². The van der Waals surface area contributed by atoms with Crippen molar-refractivity contribution >= 4 is 5.97 Å². The molecule has 5 heteroatoms. The van der Waals surface area contributed by atoms with E-state index >= 15 is 0 Å². The van der Waals surface area contributed by atoms with E-state index in [9.17, 15) is 15.0 Å². The minimum atomic E-state index is -0.904. The van der Waals surface area contributed by atoms with Crippen molar-refractivity contribution in [2.24, 2.45) is 0 Å². The summed E-state index contributed by atoms with van der Waals surface area (Å²) in [5.74, 6) is -0.461. The first-order chi connectivity index (χ1) is 9.08. The number of hydrogen-bond donors (Lipinski definition) is 2. The van der Waals surface area contributed by atoms with E-state index < -0.39 is 30.4 Å². The molecule has 0 amide bonds. The molecule has 0 unspecified atom stereocenters. The fourth-order valence-corrected chi connectivity index (χ4v) is 2.14. The van der Waals surface area contributed by atoms with E-state index in [0.717, 1.165) is 19.3 Å². The standard InChI is InChI=1S/C14H20O5/c1-9-5-3-2-4-6-10(15)13-14(19-13)11(16)7-8-12(17)18-9/h4,6-11,13-16H,2-3,5H2,1H3/b6-4+,8-7+/t9-,10-,11+,13+,14-/m0/s1. The Bertz CT molecular complexity index is 376. The maximum atomic E-state index is 11.5. The number of ether oxygens (including phenoxy) is 2. The molecule has 1 fully saturated rings. The van der Waals surface area contributed by atoms with Crippen LogP contribution in [0.2, 0.25) is 0 Å². The predicted octanol–water partition coefficient (Wildman–Crippen LogP) is 0.704. The highest BCUT2D eigenvalue weighted by Crippen LogP contribution is 2.30. The molecule has 2 N–H and O–H groups in total. The Morgan fingerprint density at radius 1 is 1.21 bits per heavy atom. The molecule has 19 heavy (non-hydrogen) atoms. The van der Waals surface area contributed by atoms with E-state index in [-0.39, 0.29) is 6.10 Å². The minimum Gasteiger partial charge on any atom is -0.460 e. The van der Waals surface area contributed by atoms with Crippen LogP contribution in [0, 0.1) is 0 Å². The van der Waals surface area contributed by atoms with Crippen molar-refractivity contribution in [3.05, 3.63) is 24.3 Å². The molecule has 2 aliphatic rings. The molecular formula is C14H20O5. The molecule has 0 saturated carbocycles. The fourth-order valence-electron chi connectivity index (χ4n) is 2.14. The van der Waals surface area contributed by atoms with Crippen LogP contribution in [0.25, 0.3) is 0 Å². The van der Waals surface area contributed by atoms with E-state index in [0.29, 0.717) is 0 Å². The Balaban J connectivity index is 2.00. The third-order valence-electron chi connectivity index (χ3n) is 3.30. The van der Waals surface area contributed by atoms with Gasteiger partial charge in [0, 0.05) is 6.08 Å². The van der Waals surface area contributed by atoms with Gasteiger partial charge in [0.2, 0.25) is 0 Å². The Morgan fingerprint density at radius 3 is 2.63 bits per heavy atom. The van der Waals surface area contributed by atoms with Gasteiger partial charge in [-0.15, -0.1) is 0 Å². The number of fused-ring (bicyclic) bond motifs is 1. The minimum absolute atomic E-state index is 0.152. The number of hydrogen-bond acceptors (Lipinski definition) is 5. The zero-order chi connectivity index (χ0) is 13.8. The summed E-state index contributed by atoms with van der Waals surface area (Å²) < 4.78 is 10.4. The smallest absolute Gasteiger partial charge is 0.330 e. The van der Waals surface area contributed by atoms with Crippen LogP contribution >= 0.6 is 0 Å². The van der Waals surface area contributed by atoms with E-state index in [2.05, 4.69) is 0 Å². The van der Waals surface area contributed by atoms with Gasteiger partial charge in [-0.05, 0) is 32.3 Å². The van der Waals surface area contributed by atoms with Crippen molar-refractivity contribution in [3.63, 3.8) is 0 Å². The molecule has 5 nitrogen and oxygen atoms in total. The first-order valence-electron chi connectivity index (χ1n) is 6.65. The van der Waals surface area contributed by atoms with Gasteiger partial charge in [-0.1, -0.05) is 12.2 Å². The lowest BCUT2D eigenvalue weighted by atomic mass is 10.1. The lowest BCUT2D eigenvalue weighted by Gasteiger charge is -2.11. The van der Waals surface area contributed by atoms with Crippen LogP contribution in [-0.4, -0.2) is 46.7 Å². The third kappa shape index (κ3) is 4.16. The molecular weight excluding hydrogens is 248 g/mol.